The summed E-state index contributed by atoms with van der Waals surface area (Å²) >= 11 is 0. The number of nitrogens with one attached hydrogen (secondary N) is 2. The van der Waals surface area contributed by atoms with Gasteiger partial charge >= 0.3 is 0 Å². The average Bonchev–Trinajstić information content (AvgIpc) is 2.69. The minimum absolute atomic E-state index is 0.469. The fourth-order valence-corrected chi connectivity index (χ4v) is 3.23. The Balaban J connectivity index is 1.65. The van der Waals surface area contributed by atoms with Crippen LogP contribution in [0.4, 0.5) is 22.9 Å². The second-order valence-electron chi connectivity index (χ2n) is 6.26. The summed E-state index contributed by atoms with van der Waals surface area (Å²) in [4.78, 5) is 1.93. The van der Waals surface area contributed by atoms with Crippen molar-refractivity contribution in [1.29, 1.82) is 0 Å². The Morgan fingerprint density at radius 2 is 1.64 bits per heavy atom. The van der Waals surface area contributed by atoms with E-state index < -0.39 is 10.0 Å². The summed E-state index contributed by atoms with van der Waals surface area (Å²) in [7, 11) is 0.251. The molecule has 0 bridgehead atoms. The molecule has 1 aromatic heterocycles. The van der Waals surface area contributed by atoms with E-state index in [1.54, 1.807) is 36.5 Å². The summed E-state index contributed by atoms with van der Waals surface area (Å²) < 4.78 is 27.0. The van der Waals surface area contributed by atoms with Crippen molar-refractivity contribution in [2.45, 2.75) is 0 Å². The highest BCUT2D eigenvalue weighted by atomic mass is 32.2. The normalized spacial score (nSPS) is 11.4. The van der Waals surface area contributed by atoms with Crippen molar-refractivity contribution in [1.82, 2.24) is 10.2 Å². The fraction of sp³-hybridized carbons (Fsp3) is 0.100. The molecule has 7 nitrogen and oxygen atoms in total. The Morgan fingerprint density at radius 3 is 2.32 bits per heavy atom. The van der Waals surface area contributed by atoms with E-state index in [4.69, 9.17) is 0 Å². The SMILES string of the molecule is CN(C)c1cnnc(Nc2ccc(NS(=O)(=O)/C=C/c3ccccc3)cc2)c1. The maximum atomic E-state index is 12.2. The standard InChI is InChI=1S/C20H21N5O2S/c1-25(2)19-14-20(23-21-15-19)22-17-8-10-18(11-9-17)24-28(26,27)13-12-16-6-4-3-5-7-16/h3-15,24H,1-2H3,(H,22,23)/b13-12+. The van der Waals surface area contributed by atoms with Gasteiger partial charge in [-0.05, 0) is 35.9 Å². The fourth-order valence-electron chi connectivity index (χ4n) is 2.36. The third-order valence-electron chi connectivity index (χ3n) is 3.81. The monoisotopic (exact) mass is 395 g/mol. The molecular weight excluding hydrogens is 374 g/mol. The molecule has 144 valence electrons. The molecule has 0 aliphatic heterocycles. The van der Waals surface area contributed by atoms with Gasteiger partial charge in [-0.25, -0.2) is 8.42 Å². The van der Waals surface area contributed by atoms with E-state index in [1.807, 2.05) is 55.4 Å². The lowest BCUT2D eigenvalue weighted by atomic mass is 10.2. The number of hydrogen-bond acceptors (Lipinski definition) is 6. The number of nitrogens with zero attached hydrogens (tertiary/aromatic N) is 3. The third kappa shape index (κ3) is 5.55. The Morgan fingerprint density at radius 1 is 0.964 bits per heavy atom. The van der Waals surface area contributed by atoms with Gasteiger partial charge in [0.25, 0.3) is 10.0 Å². The Labute approximate surface area is 164 Å². The van der Waals surface area contributed by atoms with Crippen LogP contribution in [0.25, 0.3) is 6.08 Å². The molecule has 0 spiro atoms. The molecule has 2 N–H and O–H groups in total. The smallest absolute Gasteiger partial charge is 0.255 e. The highest BCUT2D eigenvalue weighted by Crippen LogP contribution is 2.20. The molecule has 0 aliphatic carbocycles. The first kappa shape index (κ1) is 19.4. The molecule has 3 rings (SSSR count). The summed E-state index contributed by atoms with van der Waals surface area (Å²) in [5.74, 6) is 0.602. The van der Waals surface area contributed by atoms with Gasteiger partial charge in [-0.1, -0.05) is 30.3 Å². The van der Waals surface area contributed by atoms with Gasteiger partial charge in [0.15, 0.2) is 5.82 Å². The number of hydrogen-bond donors (Lipinski definition) is 2. The molecule has 3 aromatic rings. The van der Waals surface area contributed by atoms with Gasteiger partial charge in [-0.15, -0.1) is 5.10 Å². The second-order valence-corrected chi connectivity index (χ2v) is 7.82. The molecule has 2 aromatic carbocycles. The molecular formula is C20H21N5O2S. The molecule has 1 heterocycles. The van der Waals surface area contributed by atoms with Crippen LogP contribution in [-0.4, -0.2) is 32.7 Å². The summed E-state index contributed by atoms with van der Waals surface area (Å²) in [6, 6.07) is 18.0. The Hall–Kier alpha value is -3.39. The zero-order chi connectivity index (χ0) is 20.0. The topological polar surface area (TPSA) is 87.2 Å². The van der Waals surface area contributed by atoms with E-state index >= 15 is 0 Å². The molecule has 0 radical (unpaired) electrons. The van der Waals surface area contributed by atoms with E-state index in [1.165, 1.54) is 0 Å². The summed E-state index contributed by atoms with van der Waals surface area (Å²) in [6.45, 7) is 0. The van der Waals surface area contributed by atoms with E-state index in [2.05, 4.69) is 20.2 Å². The van der Waals surface area contributed by atoms with Crippen LogP contribution in [0.3, 0.4) is 0 Å². The molecule has 0 unspecified atom stereocenters. The molecule has 8 heteroatoms. The number of benzene rings is 2. The molecule has 0 fully saturated rings. The number of sulfonamides is 1. The molecule has 0 amide bonds. The lowest BCUT2D eigenvalue weighted by Gasteiger charge is -2.13. The quantitative estimate of drug-likeness (QED) is 0.634. The first-order chi connectivity index (χ1) is 13.4. The molecule has 0 saturated carbocycles. The highest BCUT2D eigenvalue weighted by Gasteiger charge is 2.06. The molecule has 0 saturated heterocycles. The second kappa shape index (κ2) is 8.53. The van der Waals surface area contributed by atoms with Crippen molar-refractivity contribution < 1.29 is 8.42 Å². The molecule has 28 heavy (non-hydrogen) atoms. The zero-order valence-electron chi connectivity index (χ0n) is 15.6. The average molecular weight is 395 g/mol. The van der Waals surface area contributed by atoms with Gasteiger partial charge in [0, 0.05) is 31.5 Å². The van der Waals surface area contributed by atoms with Gasteiger partial charge in [0.2, 0.25) is 0 Å². The van der Waals surface area contributed by atoms with Crippen LogP contribution in [0.15, 0.2) is 72.3 Å². The Kier molecular flexibility index (Phi) is 5.90. The molecule has 0 aliphatic rings. The van der Waals surface area contributed by atoms with E-state index in [0.29, 0.717) is 11.5 Å². The van der Waals surface area contributed by atoms with Crippen LogP contribution >= 0.6 is 0 Å². The Bertz CT molecular complexity index is 1050. The van der Waals surface area contributed by atoms with Gasteiger partial charge in [-0.2, -0.15) is 5.10 Å². The van der Waals surface area contributed by atoms with Crippen LogP contribution in [-0.2, 0) is 10.0 Å². The van der Waals surface area contributed by atoms with Gasteiger partial charge in [-0.3, -0.25) is 4.72 Å². The number of aromatic nitrogens is 2. The van der Waals surface area contributed by atoms with Crippen molar-refractivity contribution in [3.8, 4) is 0 Å². The van der Waals surface area contributed by atoms with Crippen LogP contribution in [0, 0.1) is 0 Å². The van der Waals surface area contributed by atoms with Crippen LogP contribution in [0.1, 0.15) is 5.56 Å². The minimum atomic E-state index is -3.60. The lowest BCUT2D eigenvalue weighted by molar-refractivity contribution is 0.609. The largest absolute Gasteiger partial charge is 0.376 e. The van der Waals surface area contributed by atoms with Gasteiger partial charge < -0.3 is 10.2 Å². The first-order valence-electron chi connectivity index (χ1n) is 8.54. The van der Waals surface area contributed by atoms with Crippen LogP contribution in [0.5, 0.6) is 0 Å². The molecule has 0 atom stereocenters. The number of anilines is 4. The van der Waals surface area contributed by atoms with Crippen LogP contribution in [0.2, 0.25) is 0 Å². The van der Waals surface area contributed by atoms with E-state index in [0.717, 1.165) is 22.3 Å². The predicted molar refractivity (Wildman–Crippen MR) is 114 cm³/mol. The third-order valence-corrected chi connectivity index (χ3v) is 4.83. The zero-order valence-corrected chi connectivity index (χ0v) is 16.4. The highest BCUT2D eigenvalue weighted by molar-refractivity contribution is 7.95. The first-order valence-corrected chi connectivity index (χ1v) is 10.1. The summed E-state index contributed by atoms with van der Waals surface area (Å²) in [5.41, 5.74) is 2.98. The summed E-state index contributed by atoms with van der Waals surface area (Å²) in [6.07, 6.45) is 3.22. The van der Waals surface area contributed by atoms with Crippen molar-refractivity contribution in [3.63, 3.8) is 0 Å². The predicted octanol–water partition coefficient (Wildman–Crippen LogP) is 3.70. The lowest BCUT2D eigenvalue weighted by Crippen LogP contribution is -2.10. The van der Waals surface area contributed by atoms with E-state index in [9.17, 15) is 8.42 Å². The van der Waals surface area contributed by atoms with Crippen LogP contribution < -0.4 is 14.9 Å². The number of rotatable bonds is 7. The van der Waals surface area contributed by atoms with Crippen molar-refractivity contribution in [2.75, 3.05) is 29.0 Å². The maximum absolute atomic E-state index is 12.2. The van der Waals surface area contributed by atoms with Gasteiger partial charge in [0.05, 0.1) is 17.3 Å². The minimum Gasteiger partial charge on any atom is -0.376 e. The maximum Gasteiger partial charge on any atom is 0.255 e. The summed E-state index contributed by atoms with van der Waals surface area (Å²) in [5, 5.41) is 12.3. The van der Waals surface area contributed by atoms with Crippen molar-refractivity contribution in [2.24, 2.45) is 0 Å². The van der Waals surface area contributed by atoms with Crippen molar-refractivity contribution >= 4 is 39.0 Å². The van der Waals surface area contributed by atoms with E-state index in [-0.39, 0.29) is 0 Å². The van der Waals surface area contributed by atoms with Gasteiger partial charge in [0.1, 0.15) is 0 Å². The van der Waals surface area contributed by atoms with Crippen molar-refractivity contribution in [3.05, 3.63) is 77.8 Å².